The first-order valence-electron chi connectivity index (χ1n) is 11.2. The van der Waals surface area contributed by atoms with Gasteiger partial charge in [0, 0.05) is 16.6 Å². The monoisotopic (exact) mass is 595 g/mol. The van der Waals surface area contributed by atoms with Crippen LogP contribution in [0.2, 0.25) is 10.0 Å². The van der Waals surface area contributed by atoms with E-state index in [2.05, 4.69) is 15.5 Å². The van der Waals surface area contributed by atoms with E-state index in [1.807, 2.05) is 6.92 Å². The summed E-state index contributed by atoms with van der Waals surface area (Å²) in [6.45, 7) is 3.69. The zero-order valence-electron chi connectivity index (χ0n) is 21.0. The van der Waals surface area contributed by atoms with Gasteiger partial charge in [0.25, 0.3) is 16.0 Å². The number of hydrogen-bond donors (Lipinski definition) is 2. The van der Waals surface area contributed by atoms with Crippen molar-refractivity contribution in [3.05, 3.63) is 81.8 Å². The van der Waals surface area contributed by atoms with Crippen molar-refractivity contribution < 1.29 is 57.2 Å². The third kappa shape index (κ3) is 6.72. The van der Waals surface area contributed by atoms with Crippen LogP contribution in [0.25, 0.3) is 10.8 Å². The fourth-order valence-corrected chi connectivity index (χ4v) is 5.35. The Bertz CT molecular complexity index is 1710. The van der Waals surface area contributed by atoms with Crippen LogP contribution >= 0.6 is 23.2 Å². The summed E-state index contributed by atoms with van der Waals surface area (Å²) in [5.74, 6) is -0.948. The number of ether oxygens (including phenoxy) is 1. The van der Waals surface area contributed by atoms with Gasteiger partial charge in [-0.1, -0.05) is 59.3 Å². The first-order chi connectivity index (χ1) is 18.0. The molecule has 0 aliphatic carbocycles. The number of fused-ring (bicyclic) bond motifs is 1. The molecule has 4 rings (SSSR count). The average Bonchev–Trinajstić information content (AvgIpc) is 2.85. The van der Waals surface area contributed by atoms with Crippen molar-refractivity contribution in [2.75, 3.05) is 11.9 Å². The zero-order valence-corrected chi connectivity index (χ0v) is 25.4. The van der Waals surface area contributed by atoms with Gasteiger partial charge in [0.15, 0.2) is 0 Å². The third-order valence-electron chi connectivity index (χ3n) is 5.50. The van der Waals surface area contributed by atoms with Crippen LogP contribution in [0.5, 0.6) is 11.5 Å². The molecule has 0 heterocycles. The molecule has 39 heavy (non-hydrogen) atoms. The van der Waals surface area contributed by atoms with Crippen molar-refractivity contribution in [2.24, 2.45) is 10.2 Å². The van der Waals surface area contributed by atoms with Crippen molar-refractivity contribution in [1.29, 1.82) is 0 Å². The number of rotatable bonds is 7. The normalized spacial score (nSPS) is 11.4. The van der Waals surface area contributed by atoms with Gasteiger partial charge in [0.2, 0.25) is 0 Å². The first-order valence-corrected chi connectivity index (χ1v) is 13.4. The van der Waals surface area contributed by atoms with Crippen molar-refractivity contribution in [2.45, 2.75) is 18.7 Å². The second kappa shape index (κ2) is 12.6. The molecule has 0 aliphatic rings. The first kappa shape index (κ1) is 30.8. The van der Waals surface area contributed by atoms with Crippen molar-refractivity contribution in [1.82, 2.24) is 0 Å². The number of azo groups is 1. The number of amides is 1. The minimum absolute atomic E-state index is 0. The molecule has 13 heteroatoms. The van der Waals surface area contributed by atoms with Gasteiger partial charge in [-0.05, 0) is 55.1 Å². The van der Waals surface area contributed by atoms with Crippen LogP contribution < -0.4 is 44.7 Å². The van der Waals surface area contributed by atoms with Gasteiger partial charge in [-0.15, -0.1) is 5.11 Å². The number of nitrogens with one attached hydrogen (secondary N) is 1. The van der Waals surface area contributed by atoms with Crippen LogP contribution in [0.15, 0.2) is 75.8 Å². The third-order valence-corrected chi connectivity index (χ3v) is 7.33. The van der Waals surface area contributed by atoms with Gasteiger partial charge >= 0.3 is 29.6 Å². The molecule has 196 valence electrons. The number of carbonyl (C=O) groups is 1. The molecule has 4 aromatic carbocycles. The Labute approximate surface area is 256 Å². The maximum Gasteiger partial charge on any atom is 1.00 e. The predicted octanol–water partition coefficient (Wildman–Crippen LogP) is 3.85. The summed E-state index contributed by atoms with van der Waals surface area (Å²) in [4.78, 5) is 12.6. The van der Waals surface area contributed by atoms with Gasteiger partial charge in [-0.2, -0.15) is 13.5 Å². The molecule has 4 aromatic rings. The molecular formula is C26H20Cl2N3NaO6S. The van der Waals surface area contributed by atoms with E-state index in [9.17, 15) is 22.9 Å². The topological polar surface area (TPSA) is 140 Å². The summed E-state index contributed by atoms with van der Waals surface area (Å²) < 4.78 is 38.4. The van der Waals surface area contributed by atoms with Crippen LogP contribution in [0.4, 0.5) is 17.1 Å². The zero-order chi connectivity index (χ0) is 27.6. The summed E-state index contributed by atoms with van der Waals surface area (Å²) in [5, 5.41) is 25.0. The summed E-state index contributed by atoms with van der Waals surface area (Å²) in [7, 11) is -4.63. The number of nitrogens with zero attached hydrogens (tertiary/aromatic N) is 2. The standard InChI is InChI=1S/C26H21Cl2N3O6S.Na/c1-3-37-21-11-9-16(13-19(21)27)29-26(33)18-12-15-6-4-5-7-17(15)23(24(18)32)31-30-20-10-8-14(2)25(22(20)28)38(34,35)36;/h4-13,32H,3H2,1-2H3,(H,29,33)(H,34,35,36);/q;+1/p-1. The Hall–Kier alpha value is -2.70. The van der Waals surface area contributed by atoms with E-state index in [4.69, 9.17) is 27.9 Å². The van der Waals surface area contributed by atoms with Crippen LogP contribution in [0.1, 0.15) is 22.8 Å². The van der Waals surface area contributed by atoms with Crippen LogP contribution in [0.3, 0.4) is 0 Å². The molecule has 0 spiro atoms. The number of hydrogen-bond acceptors (Lipinski definition) is 7. The Morgan fingerprint density at radius 2 is 1.79 bits per heavy atom. The Balaban J connectivity index is 0.00000420. The number of aryl methyl sites for hydroxylation is 1. The second-order valence-corrected chi connectivity index (χ2v) is 10.2. The number of benzene rings is 4. The Morgan fingerprint density at radius 3 is 2.46 bits per heavy atom. The molecule has 0 atom stereocenters. The van der Waals surface area contributed by atoms with Crippen LogP contribution in [-0.4, -0.2) is 25.5 Å². The minimum Gasteiger partial charge on any atom is -0.870 e. The quantitative estimate of drug-likeness (QED) is 0.189. The number of carbonyl (C=O) groups excluding carboxylic acids is 1. The molecule has 2 N–H and O–H groups in total. The molecule has 0 bridgehead atoms. The van der Waals surface area contributed by atoms with E-state index in [0.29, 0.717) is 33.8 Å². The minimum atomic E-state index is -4.63. The van der Waals surface area contributed by atoms with Crippen molar-refractivity contribution in [3.63, 3.8) is 0 Å². The van der Waals surface area contributed by atoms with Crippen molar-refractivity contribution in [3.8, 4) is 11.5 Å². The smallest absolute Gasteiger partial charge is 0.870 e. The molecule has 1 amide bonds. The van der Waals surface area contributed by atoms with E-state index >= 15 is 0 Å². The maximum absolute atomic E-state index is 13.4. The summed E-state index contributed by atoms with van der Waals surface area (Å²) in [6.07, 6.45) is 0. The van der Waals surface area contributed by atoms with Crippen LogP contribution in [-0.2, 0) is 10.1 Å². The molecular weight excluding hydrogens is 576 g/mol. The van der Waals surface area contributed by atoms with E-state index in [0.717, 1.165) is 0 Å². The Kier molecular flexibility index (Phi) is 10.0. The van der Waals surface area contributed by atoms with Gasteiger partial charge in [0.1, 0.15) is 16.3 Å². The van der Waals surface area contributed by atoms with Gasteiger partial charge in [0.05, 0.1) is 22.3 Å². The molecule has 0 radical (unpaired) electrons. The van der Waals surface area contributed by atoms with Crippen molar-refractivity contribution >= 4 is 67.1 Å². The average molecular weight is 596 g/mol. The number of anilines is 1. The summed E-state index contributed by atoms with van der Waals surface area (Å²) in [6, 6.07) is 15.7. The number of halogens is 2. The van der Waals surface area contributed by atoms with E-state index in [1.54, 1.807) is 36.4 Å². The van der Waals surface area contributed by atoms with Gasteiger partial charge in [-0.25, -0.2) is 0 Å². The second-order valence-electron chi connectivity index (χ2n) is 8.08. The summed E-state index contributed by atoms with van der Waals surface area (Å²) >= 11 is 12.4. The maximum atomic E-state index is 13.4. The molecule has 0 fully saturated rings. The molecule has 0 saturated heterocycles. The molecule has 9 nitrogen and oxygen atoms in total. The van der Waals surface area contributed by atoms with E-state index in [-0.39, 0.29) is 57.1 Å². The van der Waals surface area contributed by atoms with Crippen LogP contribution in [0, 0.1) is 6.92 Å². The largest absolute Gasteiger partial charge is 1.00 e. The van der Waals surface area contributed by atoms with E-state index in [1.165, 1.54) is 31.2 Å². The molecule has 0 saturated carbocycles. The van der Waals surface area contributed by atoms with E-state index < -0.39 is 26.7 Å². The SMILES string of the molecule is CCOc1ccc(NC(=O)c2cc3ccccc3c(N=Nc3ccc(C)c(S(=O)(=O)O)c3Cl)c2[O-])cc1Cl.[Na+]. The molecule has 0 unspecified atom stereocenters. The molecule has 0 aliphatic heterocycles. The fraction of sp³-hybridized carbons (Fsp3) is 0.115. The predicted molar refractivity (Wildman–Crippen MR) is 144 cm³/mol. The Morgan fingerprint density at radius 1 is 1.08 bits per heavy atom. The summed E-state index contributed by atoms with van der Waals surface area (Å²) in [5.41, 5.74) is 0.120. The molecule has 0 aromatic heterocycles. The van der Waals surface area contributed by atoms with Gasteiger partial charge < -0.3 is 15.2 Å². The van der Waals surface area contributed by atoms with Gasteiger partial charge in [-0.3, -0.25) is 9.35 Å². The fourth-order valence-electron chi connectivity index (χ4n) is 3.77.